The van der Waals surface area contributed by atoms with E-state index in [9.17, 15) is 0 Å². The first-order valence-electron chi connectivity index (χ1n) is 48.1. The highest BCUT2D eigenvalue weighted by atomic mass is 16.5. The van der Waals surface area contributed by atoms with Crippen LogP contribution in [0.15, 0.2) is 28.7 Å². The maximum atomic E-state index is 6.89. The molecule has 3 rings (SSSR count). The molecule has 1 aromatic heterocycles. The third-order valence-electron chi connectivity index (χ3n) is 22.5. The van der Waals surface area contributed by atoms with Crippen molar-refractivity contribution < 1.29 is 32.8 Å². The van der Waals surface area contributed by atoms with Crippen molar-refractivity contribution >= 4 is 0 Å². The van der Waals surface area contributed by atoms with E-state index in [1.165, 1.54) is 385 Å². The maximum absolute atomic E-state index is 6.89. The van der Waals surface area contributed by atoms with Gasteiger partial charge in [0.1, 0.15) is 0 Å². The molecule has 2 aromatic carbocycles. The molecule has 0 aliphatic carbocycles. The minimum absolute atomic E-state index is 0.420. The van der Waals surface area contributed by atoms with E-state index >= 15 is 0 Å². The molecule has 9 heteroatoms. The molecule has 0 radical (unpaired) electrons. The fourth-order valence-corrected chi connectivity index (χ4v) is 15.3. The van der Waals surface area contributed by atoms with Crippen molar-refractivity contribution in [2.24, 2.45) is 0 Å². The SMILES string of the molecule is CCCCCCCCCCCCCCOc1cc(-c2nnc(-c3cc(OCCCCCCCCCCCCCC)c(OCCCCCCCCCCCCCC)c(OCCCCCCCCCCCCCC)c3)o2)cc(OCCCCCCCCCCCCCC)c1OCCCCCCCCCCCCCC. The van der Waals surface area contributed by atoms with Crippen molar-refractivity contribution in [3.05, 3.63) is 24.3 Å². The Kier molecular flexibility index (Phi) is 69.6. The van der Waals surface area contributed by atoms with E-state index in [4.69, 9.17) is 43.0 Å². The Morgan fingerprint density at radius 2 is 0.308 bits per heavy atom. The van der Waals surface area contributed by atoms with Gasteiger partial charge in [-0.1, -0.05) is 465 Å². The van der Waals surface area contributed by atoms with Crippen molar-refractivity contribution in [3.63, 3.8) is 0 Å². The van der Waals surface area contributed by atoms with Gasteiger partial charge in [0.05, 0.1) is 39.6 Å². The van der Waals surface area contributed by atoms with Crippen LogP contribution in [0.3, 0.4) is 0 Å². The van der Waals surface area contributed by atoms with Gasteiger partial charge < -0.3 is 32.8 Å². The van der Waals surface area contributed by atoms with Crippen LogP contribution in [-0.4, -0.2) is 49.8 Å². The molecule has 0 amide bonds. The van der Waals surface area contributed by atoms with Crippen LogP contribution in [0.2, 0.25) is 0 Å². The van der Waals surface area contributed by atoms with Crippen molar-refractivity contribution in [2.75, 3.05) is 39.6 Å². The van der Waals surface area contributed by atoms with Gasteiger partial charge in [-0.05, 0) is 62.8 Å². The quantitative estimate of drug-likeness (QED) is 0.0512. The van der Waals surface area contributed by atoms with Gasteiger partial charge in [0.15, 0.2) is 23.0 Å². The van der Waals surface area contributed by atoms with Crippen LogP contribution in [0, 0.1) is 0 Å². The lowest BCUT2D eigenvalue weighted by molar-refractivity contribution is 0.234. The van der Waals surface area contributed by atoms with Gasteiger partial charge >= 0.3 is 0 Å². The summed E-state index contributed by atoms with van der Waals surface area (Å²) in [6, 6.07) is 8.30. The summed E-state index contributed by atoms with van der Waals surface area (Å²) in [6.45, 7) is 17.5. The topological polar surface area (TPSA) is 94.3 Å². The first-order chi connectivity index (χ1) is 53.1. The van der Waals surface area contributed by atoms with Crippen LogP contribution in [0.5, 0.6) is 34.5 Å². The predicted octanol–water partition coefficient (Wildman–Crippen LogP) is 33.9. The van der Waals surface area contributed by atoms with Gasteiger partial charge in [-0.25, -0.2) is 0 Å². The average molecular weight is 1500 g/mol. The molecule has 0 fully saturated rings. The molecule has 0 unspecified atom stereocenters. The Hall–Kier alpha value is -3.62. The van der Waals surface area contributed by atoms with E-state index in [0.717, 1.165) is 88.2 Å². The molecule has 3 aromatic rings. The van der Waals surface area contributed by atoms with Crippen molar-refractivity contribution in [1.82, 2.24) is 10.2 Å². The van der Waals surface area contributed by atoms with Crippen LogP contribution in [0.4, 0.5) is 0 Å². The summed E-state index contributed by atoms with van der Waals surface area (Å²) in [7, 11) is 0. The minimum Gasteiger partial charge on any atom is -0.490 e. The smallest absolute Gasteiger partial charge is 0.248 e. The lowest BCUT2D eigenvalue weighted by atomic mass is 10.1. The fourth-order valence-electron chi connectivity index (χ4n) is 15.3. The number of benzene rings is 2. The van der Waals surface area contributed by atoms with E-state index in [2.05, 4.69) is 65.8 Å². The summed E-state index contributed by atoms with van der Waals surface area (Å²) in [5.74, 6) is 5.05. The van der Waals surface area contributed by atoms with Gasteiger partial charge in [-0.15, -0.1) is 10.2 Å². The van der Waals surface area contributed by atoms with Crippen LogP contribution < -0.4 is 28.4 Å². The summed E-state index contributed by atoms with van der Waals surface area (Å²) in [5, 5.41) is 9.70. The maximum Gasteiger partial charge on any atom is 0.248 e. The minimum atomic E-state index is 0.420. The average Bonchev–Trinajstić information content (AvgIpc) is 1.76. The third kappa shape index (κ3) is 56.3. The molecule has 107 heavy (non-hydrogen) atoms. The second kappa shape index (κ2) is 76.4. The van der Waals surface area contributed by atoms with Gasteiger partial charge in [0.25, 0.3) is 0 Å². The summed E-state index contributed by atoms with van der Waals surface area (Å²) in [5.41, 5.74) is 1.54. The zero-order chi connectivity index (χ0) is 76.1. The van der Waals surface area contributed by atoms with E-state index in [1.807, 2.05) is 0 Å². The molecule has 0 saturated heterocycles. The molecule has 622 valence electrons. The Bertz CT molecular complexity index is 2060. The van der Waals surface area contributed by atoms with Gasteiger partial charge in [-0.2, -0.15) is 0 Å². The molecular formula is C98H178N2O7. The summed E-state index contributed by atoms with van der Waals surface area (Å²) in [6.07, 6.45) is 93.8. The predicted molar refractivity (Wildman–Crippen MR) is 465 cm³/mol. The molecule has 1 heterocycles. The molecular weight excluding hydrogens is 1320 g/mol. The molecule has 0 bridgehead atoms. The molecule has 0 aliphatic heterocycles. The van der Waals surface area contributed by atoms with Crippen molar-refractivity contribution in [1.29, 1.82) is 0 Å². The Balaban J connectivity index is 1.97. The van der Waals surface area contributed by atoms with E-state index in [0.29, 0.717) is 85.9 Å². The number of hydrogen-bond acceptors (Lipinski definition) is 9. The number of aromatic nitrogens is 2. The van der Waals surface area contributed by atoms with Gasteiger partial charge in [0, 0.05) is 11.1 Å². The van der Waals surface area contributed by atoms with Crippen LogP contribution in [0.1, 0.15) is 504 Å². The van der Waals surface area contributed by atoms with Gasteiger partial charge in [0.2, 0.25) is 23.3 Å². The van der Waals surface area contributed by atoms with Crippen LogP contribution in [-0.2, 0) is 0 Å². The first kappa shape index (κ1) is 97.6. The highest BCUT2D eigenvalue weighted by Crippen LogP contribution is 2.45. The Morgan fingerprint density at radius 1 is 0.178 bits per heavy atom. The summed E-state index contributed by atoms with van der Waals surface area (Å²) in [4.78, 5) is 0. The van der Waals surface area contributed by atoms with Crippen LogP contribution in [0.25, 0.3) is 22.9 Å². The zero-order valence-electron chi connectivity index (χ0n) is 72.2. The van der Waals surface area contributed by atoms with E-state index < -0.39 is 0 Å². The molecule has 9 nitrogen and oxygen atoms in total. The summed E-state index contributed by atoms with van der Waals surface area (Å²) < 4.78 is 48.2. The fraction of sp³-hybridized carbons (Fsp3) is 0.857. The monoisotopic (exact) mass is 1500 g/mol. The van der Waals surface area contributed by atoms with E-state index in [-0.39, 0.29) is 0 Å². The lowest BCUT2D eigenvalue weighted by Crippen LogP contribution is -2.07. The molecule has 0 saturated carbocycles. The van der Waals surface area contributed by atoms with Crippen molar-refractivity contribution in [3.8, 4) is 57.4 Å². The standard InChI is InChI=1S/C98H178N2O7/c1-7-13-19-25-31-37-43-49-55-61-67-73-79-101-91-85-89(86-92(102-80-74-68-62-56-50-44-38-32-26-20-14-8-2)95(91)105-83-77-71-65-59-53-47-41-35-29-23-17-11-5)97-99-100-98(107-97)90-87-93(103-81-75-69-63-57-51-45-39-33-27-21-15-9-3)96(106-84-78-72-66-60-54-48-42-36-30-24-18-12-6)94(88-90)104-82-76-70-64-58-52-46-40-34-28-22-16-10-4/h85-88H,7-84H2,1-6H3. The largest absolute Gasteiger partial charge is 0.490 e. The van der Waals surface area contributed by atoms with Crippen LogP contribution >= 0.6 is 0 Å². The number of unbranched alkanes of at least 4 members (excludes halogenated alkanes) is 66. The number of ether oxygens (including phenoxy) is 6. The van der Waals surface area contributed by atoms with E-state index in [1.54, 1.807) is 0 Å². The molecule has 0 N–H and O–H groups in total. The number of hydrogen-bond donors (Lipinski definition) is 0. The molecule has 0 aliphatic rings. The van der Waals surface area contributed by atoms with Gasteiger partial charge in [-0.3, -0.25) is 0 Å². The summed E-state index contributed by atoms with van der Waals surface area (Å²) >= 11 is 0. The normalized spacial score (nSPS) is 11.6. The Labute approximate surface area is 664 Å². The third-order valence-corrected chi connectivity index (χ3v) is 22.5. The highest BCUT2D eigenvalue weighted by molar-refractivity contribution is 5.69. The highest BCUT2D eigenvalue weighted by Gasteiger charge is 2.24. The van der Waals surface area contributed by atoms with Crippen molar-refractivity contribution in [2.45, 2.75) is 504 Å². The first-order valence-corrected chi connectivity index (χ1v) is 48.1. The number of nitrogens with zero attached hydrogens (tertiary/aromatic N) is 2. The number of rotatable bonds is 86. The molecule has 0 atom stereocenters. The second-order valence-corrected chi connectivity index (χ2v) is 32.9. The lowest BCUT2D eigenvalue weighted by Gasteiger charge is -2.19. The Morgan fingerprint density at radius 3 is 0.458 bits per heavy atom. The second-order valence-electron chi connectivity index (χ2n) is 32.9. The molecule has 0 spiro atoms. The zero-order valence-corrected chi connectivity index (χ0v) is 72.2.